The van der Waals surface area contributed by atoms with Crippen LogP contribution < -0.4 is 10.4 Å². The van der Waals surface area contributed by atoms with E-state index in [1.165, 1.54) is 10.8 Å². The first-order valence-corrected chi connectivity index (χ1v) is 3.62. The van der Waals surface area contributed by atoms with Crippen molar-refractivity contribution >= 4 is 18.2 Å². The Morgan fingerprint density at radius 3 is 2.91 bits per heavy atom. The van der Waals surface area contributed by atoms with E-state index in [4.69, 9.17) is 0 Å². The van der Waals surface area contributed by atoms with E-state index in [1.807, 2.05) is 12.1 Å². The number of nitrogens with zero attached hydrogens (tertiary/aromatic N) is 1. The Kier molecular flexibility index (Phi) is 1.19. The molecule has 1 heterocycles. The number of allylic oxidation sites excluding steroid dienone is 1. The van der Waals surface area contributed by atoms with Gasteiger partial charge in [-0.25, -0.2) is 0 Å². The van der Waals surface area contributed by atoms with Gasteiger partial charge in [0, 0.05) is 11.4 Å². The second-order valence-electron chi connectivity index (χ2n) is 2.75. The molecule has 0 unspecified atom stereocenters. The molecular weight excluding hydrogens is 134 g/mol. The standard InChI is InChI=1S/C10H9N/c1-7-3-4-9-10(7)8(2)5-6-11-9/h3-6H,2H2,1H3. The van der Waals surface area contributed by atoms with Gasteiger partial charge in [-0.15, -0.1) is 0 Å². The van der Waals surface area contributed by atoms with Gasteiger partial charge in [0.15, 0.2) is 0 Å². The smallest absolute Gasteiger partial charge is 0.0710 e. The van der Waals surface area contributed by atoms with Crippen molar-refractivity contribution in [1.29, 1.82) is 0 Å². The van der Waals surface area contributed by atoms with Crippen LogP contribution >= 0.6 is 0 Å². The summed E-state index contributed by atoms with van der Waals surface area (Å²) in [6.45, 7) is 6.02. The first-order chi connectivity index (χ1) is 5.29. The molecule has 1 aromatic rings. The third-order valence-corrected chi connectivity index (χ3v) is 1.95. The number of fused-ring (bicyclic) bond motifs is 1. The van der Waals surface area contributed by atoms with Gasteiger partial charge < -0.3 is 0 Å². The Morgan fingerprint density at radius 2 is 2.18 bits per heavy atom. The average Bonchev–Trinajstić information content (AvgIpc) is 2.34. The van der Waals surface area contributed by atoms with E-state index < -0.39 is 0 Å². The number of pyridine rings is 1. The molecule has 0 aromatic carbocycles. The van der Waals surface area contributed by atoms with Gasteiger partial charge in [0.05, 0.1) is 5.69 Å². The molecule has 0 aliphatic heterocycles. The van der Waals surface area contributed by atoms with Crippen molar-refractivity contribution in [1.82, 2.24) is 4.98 Å². The highest BCUT2D eigenvalue weighted by molar-refractivity contribution is 5.72. The summed E-state index contributed by atoms with van der Waals surface area (Å²) in [5.74, 6) is 0. The van der Waals surface area contributed by atoms with Crippen molar-refractivity contribution in [2.75, 3.05) is 0 Å². The van der Waals surface area contributed by atoms with Crippen LogP contribution in [0.4, 0.5) is 0 Å². The maximum Gasteiger partial charge on any atom is 0.0710 e. The highest BCUT2D eigenvalue weighted by atomic mass is 14.7. The Morgan fingerprint density at radius 1 is 1.36 bits per heavy atom. The molecule has 0 fully saturated rings. The summed E-state index contributed by atoms with van der Waals surface area (Å²) in [6.07, 6.45) is 5.90. The molecular formula is C10H9N. The molecule has 0 saturated carbocycles. The molecule has 0 N–H and O–H groups in total. The van der Waals surface area contributed by atoms with Crippen molar-refractivity contribution in [2.24, 2.45) is 0 Å². The Labute approximate surface area is 65.4 Å². The summed E-state index contributed by atoms with van der Waals surface area (Å²) < 4.78 is 0. The highest BCUT2D eigenvalue weighted by Gasteiger charge is 2.01. The quantitative estimate of drug-likeness (QED) is 0.520. The van der Waals surface area contributed by atoms with E-state index in [-0.39, 0.29) is 0 Å². The number of hydrogen-bond acceptors (Lipinski definition) is 1. The molecule has 0 spiro atoms. The SMILES string of the molecule is C=c1ccnc2c1=C(C)C=C2. The third-order valence-electron chi connectivity index (χ3n) is 1.95. The van der Waals surface area contributed by atoms with E-state index in [0.29, 0.717) is 0 Å². The van der Waals surface area contributed by atoms with Gasteiger partial charge in [-0.2, -0.15) is 0 Å². The Balaban J connectivity index is 3.03. The number of rotatable bonds is 0. The van der Waals surface area contributed by atoms with Gasteiger partial charge in [0.2, 0.25) is 0 Å². The lowest BCUT2D eigenvalue weighted by molar-refractivity contribution is 1.25. The van der Waals surface area contributed by atoms with E-state index in [9.17, 15) is 0 Å². The molecule has 0 bridgehead atoms. The molecule has 0 amide bonds. The molecule has 1 aromatic heterocycles. The maximum absolute atomic E-state index is 4.22. The monoisotopic (exact) mass is 143 g/mol. The van der Waals surface area contributed by atoms with Crippen LogP contribution in [-0.4, -0.2) is 4.98 Å². The van der Waals surface area contributed by atoms with Crippen LogP contribution in [0.3, 0.4) is 0 Å². The topological polar surface area (TPSA) is 12.9 Å². The first kappa shape index (κ1) is 6.35. The molecule has 0 atom stereocenters. The molecule has 1 aliphatic carbocycles. The lowest BCUT2D eigenvalue weighted by Gasteiger charge is -1.90. The average molecular weight is 143 g/mol. The van der Waals surface area contributed by atoms with Gasteiger partial charge in [0.25, 0.3) is 0 Å². The lowest BCUT2D eigenvalue weighted by atomic mass is 10.2. The van der Waals surface area contributed by atoms with Gasteiger partial charge in [-0.1, -0.05) is 12.7 Å². The van der Waals surface area contributed by atoms with Gasteiger partial charge >= 0.3 is 0 Å². The van der Waals surface area contributed by atoms with Crippen LogP contribution in [0.25, 0.3) is 18.2 Å². The fourth-order valence-corrected chi connectivity index (χ4v) is 1.39. The first-order valence-electron chi connectivity index (χ1n) is 3.62. The van der Waals surface area contributed by atoms with Crippen molar-refractivity contribution in [3.8, 4) is 0 Å². The zero-order valence-electron chi connectivity index (χ0n) is 6.46. The van der Waals surface area contributed by atoms with Gasteiger partial charge in [-0.3, -0.25) is 4.98 Å². The lowest BCUT2D eigenvalue weighted by Crippen LogP contribution is -2.26. The van der Waals surface area contributed by atoms with Crippen molar-refractivity contribution in [2.45, 2.75) is 6.92 Å². The van der Waals surface area contributed by atoms with Gasteiger partial charge in [0.1, 0.15) is 0 Å². The summed E-state index contributed by atoms with van der Waals surface area (Å²) in [5.41, 5.74) is 2.31. The van der Waals surface area contributed by atoms with Crippen LogP contribution in [0.5, 0.6) is 0 Å². The minimum Gasteiger partial charge on any atom is -0.256 e. The molecule has 54 valence electrons. The van der Waals surface area contributed by atoms with E-state index in [2.05, 4.69) is 24.6 Å². The highest BCUT2D eigenvalue weighted by Crippen LogP contribution is 2.03. The summed E-state index contributed by atoms with van der Waals surface area (Å²) in [4.78, 5) is 4.22. The number of aromatic nitrogens is 1. The number of hydrogen-bond donors (Lipinski definition) is 0. The van der Waals surface area contributed by atoms with Crippen LogP contribution in [0.1, 0.15) is 12.6 Å². The zero-order valence-corrected chi connectivity index (χ0v) is 6.46. The molecule has 1 heteroatoms. The molecule has 1 aliphatic rings. The van der Waals surface area contributed by atoms with E-state index >= 15 is 0 Å². The normalized spacial score (nSPS) is 13.7. The molecule has 1 nitrogen and oxygen atoms in total. The van der Waals surface area contributed by atoms with Crippen LogP contribution in [0, 0.1) is 0 Å². The van der Waals surface area contributed by atoms with Crippen LogP contribution in [0.2, 0.25) is 0 Å². The van der Waals surface area contributed by atoms with Gasteiger partial charge in [-0.05, 0) is 29.9 Å². The fourth-order valence-electron chi connectivity index (χ4n) is 1.39. The van der Waals surface area contributed by atoms with Crippen LogP contribution in [-0.2, 0) is 0 Å². The second-order valence-corrected chi connectivity index (χ2v) is 2.75. The van der Waals surface area contributed by atoms with E-state index in [0.717, 1.165) is 10.9 Å². The van der Waals surface area contributed by atoms with Crippen molar-refractivity contribution in [3.63, 3.8) is 0 Å². The Bertz CT molecular complexity index is 427. The summed E-state index contributed by atoms with van der Waals surface area (Å²) >= 11 is 0. The second kappa shape index (κ2) is 2.06. The summed E-state index contributed by atoms with van der Waals surface area (Å²) in [6, 6.07) is 1.94. The summed E-state index contributed by atoms with van der Waals surface area (Å²) in [5, 5.41) is 2.27. The molecule has 0 saturated heterocycles. The third kappa shape index (κ3) is 0.811. The van der Waals surface area contributed by atoms with E-state index in [1.54, 1.807) is 6.20 Å². The molecule has 2 rings (SSSR count). The molecule has 0 radical (unpaired) electrons. The largest absolute Gasteiger partial charge is 0.256 e. The van der Waals surface area contributed by atoms with Crippen molar-refractivity contribution in [3.05, 3.63) is 34.5 Å². The summed E-state index contributed by atoms with van der Waals surface area (Å²) in [7, 11) is 0. The van der Waals surface area contributed by atoms with Crippen LogP contribution in [0.15, 0.2) is 18.3 Å². The minimum atomic E-state index is 1.05. The Hall–Kier alpha value is -1.37. The predicted octanol–water partition coefficient (Wildman–Crippen LogP) is 0.689. The minimum absolute atomic E-state index is 1.05. The zero-order chi connectivity index (χ0) is 7.84. The van der Waals surface area contributed by atoms with Crippen molar-refractivity contribution < 1.29 is 0 Å². The maximum atomic E-state index is 4.22. The fraction of sp³-hybridized carbons (Fsp3) is 0.100. The molecule has 11 heavy (non-hydrogen) atoms. The predicted molar refractivity (Wildman–Crippen MR) is 47.1 cm³/mol.